The first-order valence-electron chi connectivity index (χ1n) is 8.58. The number of esters is 1. The molecular weight excluding hydrogens is 365 g/mol. The molecule has 3 aromatic rings. The number of rotatable bonds is 7. The molecule has 3 rings (SSSR count). The smallest absolute Gasteiger partial charge is 0.313 e. The highest BCUT2D eigenvalue weighted by molar-refractivity contribution is 7.99. The number of hydrogen-bond donors (Lipinski definition) is 1. The SMILES string of the molecule is CC(C)c1[nH]c(CC(=O)OCc2ccncc2)nc1Sc1cccc(F)c1. The van der Waals surface area contributed by atoms with Gasteiger partial charge in [0.25, 0.3) is 0 Å². The number of ether oxygens (including phenoxy) is 1. The molecule has 1 N–H and O–H groups in total. The van der Waals surface area contributed by atoms with Gasteiger partial charge in [0.15, 0.2) is 0 Å². The minimum atomic E-state index is -0.363. The summed E-state index contributed by atoms with van der Waals surface area (Å²) in [6.07, 6.45) is 3.36. The van der Waals surface area contributed by atoms with Crippen molar-refractivity contribution >= 4 is 17.7 Å². The standard InChI is InChI=1S/C20H20FN3O2S/c1-13(2)19-20(27-16-5-3-4-15(21)10-16)24-17(23-19)11-18(25)26-12-14-6-8-22-9-7-14/h3-10,13H,11-12H2,1-2H3,(H,23,24). The Bertz CT molecular complexity index is 913. The van der Waals surface area contributed by atoms with E-state index in [2.05, 4.69) is 15.0 Å². The van der Waals surface area contributed by atoms with Crippen molar-refractivity contribution in [3.8, 4) is 0 Å². The Morgan fingerprint density at radius 3 is 2.74 bits per heavy atom. The summed E-state index contributed by atoms with van der Waals surface area (Å²) in [5.74, 6) is 0.0761. The molecule has 0 spiro atoms. The zero-order valence-corrected chi connectivity index (χ0v) is 15.9. The molecule has 0 aliphatic carbocycles. The topological polar surface area (TPSA) is 67.9 Å². The maximum absolute atomic E-state index is 13.4. The van der Waals surface area contributed by atoms with Crippen LogP contribution in [0.1, 0.15) is 36.8 Å². The zero-order valence-electron chi connectivity index (χ0n) is 15.1. The Morgan fingerprint density at radius 2 is 2.04 bits per heavy atom. The summed E-state index contributed by atoms with van der Waals surface area (Å²) in [7, 11) is 0. The van der Waals surface area contributed by atoms with Crippen molar-refractivity contribution in [3.05, 3.63) is 71.7 Å². The number of aromatic nitrogens is 3. The van der Waals surface area contributed by atoms with Gasteiger partial charge in [-0.1, -0.05) is 31.7 Å². The van der Waals surface area contributed by atoms with Gasteiger partial charge in [0.05, 0.1) is 5.69 Å². The molecule has 2 aromatic heterocycles. The molecule has 27 heavy (non-hydrogen) atoms. The second-order valence-electron chi connectivity index (χ2n) is 6.31. The number of halogens is 1. The molecule has 0 bridgehead atoms. The summed E-state index contributed by atoms with van der Waals surface area (Å²) in [5, 5.41) is 0.743. The van der Waals surface area contributed by atoms with Crippen molar-refractivity contribution in [1.82, 2.24) is 15.0 Å². The molecule has 0 fully saturated rings. The average molecular weight is 385 g/mol. The van der Waals surface area contributed by atoms with E-state index in [1.807, 2.05) is 19.9 Å². The normalized spacial score (nSPS) is 11.0. The first kappa shape index (κ1) is 19.1. The first-order chi connectivity index (χ1) is 13.0. The van der Waals surface area contributed by atoms with Crippen LogP contribution in [0.25, 0.3) is 0 Å². The Morgan fingerprint density at radius 1 is 1.26 bits per heavy atom. The summed E-state index contributed by atoms with van der Waals surface area (Å²) < 4.78 is 18.7. The maximum atomic E-state index is 13.4. The number of carbonyl (C=O) groups is 1. The van der Waals surface area contributed by atoms with Crippen molar-refractivity contribution < 1.29 is 13.9 Å². The fraction of sp³-hybridized carbons (Fsp3) is 0.250. The van der Waals surface area contributed by atoms with Gasteiger partial charge in [0, 0.05) is 17.3 Å². The molecule has 1 aromatic carbocycles. The summed E-state index contributed by atoms with van der Waals surface area (Å²) in [4.78, 5) is 24.5. The second-order valence-corrected chi connectivity index (χ2v) is 7.37. The van der Waals surface area contributed by atoms with E-state index in [0.29, 0.717) is 5.82 Å². The van der Waals surface area contributed by atoms with Gasteiger partial charge in [-0.05, 0) is 41.8 Å². The van der Waals surface area contributed by atoms with Gasteiger partial charge in [0.1, 0.15) is 29.7 Å². The maximum Gasteiger partial charge on any atom is 0.313 e. The number of hydrogen-bond acceptors (Lipinski definition) is 5. The van der Waals surface area contributed by atoms with Crippen LogP contribution in [0.15, 0.2) is 58.7 Å². The van der Waals surface area contributed by atoms with Crippen molar-refractivity contribution in [3.63, 3.8) is 0 Å². The van der Waals surface area contributed by atoms with Crippen LogP contribution >= 0.6 is 11.8 Å². The Hall–Kier alpha value is -2.67. The number of carbonyl (C=O) groups excluding carboxylic acids is 1. The van der Waals surface area contributed by atoms with Gasteiger partial charge >= 0.3 is 5.97 Å². The number of nitrogens with zero attached hydrogens (tertiary/aromatic N) is 2. The molecule has 0 atom stereocenters. The van der Waals surface area contributed by atoms with Gasteiger partial charge in [0.2, 0.25) is 0 Å². The van der Waals surface area contributed by atoms with E-state index in [-0.39, 0.29) is 30.7 Å². The molecule has 5 nitrogen and oxygen atoms in total. The van der Waals surface area contributed by atoms with E-state index in [1.54, 1.807) is 30.6 Å². The van der Waals surface area contributed by atoms with Crippen molar-refractivity contribution in [1.29, 1.82) is 0 Å². The van der Waals surface area contributed by atoms with E-state index in [9.17, 15) is 9.18 Å². The monoisotopic (exact) mass is 385 g/mol. The summed E-state index contributed by atoms with van der Waals surface area (Å²) >= 11 is 1.37. The van der Waals surface area contributed by atoms with Gasteiger partial charge in [-0.15, -0.1) is 0 Å². The quantitative estimate of drug-likeness (QED) is 0.606. The van der Waals surface area contributed by atoms with Crippen molar-refractivity contribution in [2.24, 2.45) is 0 Å². The molecular formula is C20H20FN3O2S. The average Bonchev–Trinajstić information content (AvgIpc) is 3.03. The van der Waals surface area contributed by atoms with Crippen LogP contribution in [-0.2, 0) is 22.6 Å². The van der Waals surface area contributed by atoms with Crippen LogP contribution in [0.4, 0.5) is 4.39 Å². The largest absolute Gasteiger partial charge is 0.460 e. The Balaban J connectivity index is 1.68. The number of nitrogens with one attached hydrogen (secondary N) is 1. The third-order valence-electron chi connectivity index (χ3n) is 3.79. The minimum Gasteiger partial charge on any atom is -0.460 e. The van der Waals surface area contributed by atoms with E-state index in [4.69, 9.17) is 4.74 Å². The fourth-order valence-electron chi connectivity index (χ4n) is 2.45. The Labute approximate surface area is 161 Å². The van der Waals surface area contributed by atoms with E-state index >= 15 is 0 Å². The van der Waals surface area contributed by atoms with Gasteiger partial charge in [-0.25, -0.2) is 9.37 Å². The molecule has 0 amide bonds. The third kappa shape index (κ3) is 5.40. The molecule has 0 saturated heterocycles. The fourth-order valence-corrected chi connectivity index (χ4v) is 3.54. The van der Waals surface area contributed by atoms with Crippen LogP contribution in [0.3, 0.4) is 0 Å². The number of imidazole rings is 1. The molecule has 0 aliphatic heterocycles. The summed E-state index contributed by atoms with van der Waals surface area (Å²) in [5.41, 5.74) is 1.80. The lowest BCUT2D eigenvalue weighted by molar-refractivity contribution is -0.144. The van der Waals surface area contributed by atoms with Crippen LogP contribution in [0, 0.1) is 5.82 Å². The lowest BCUT2D eigenvalue weighted by Crippen LogP contribution is -2.09. The van der Waals surface area contributed by atoms with E-state index in [0.717, 1.165) is 21.2 Å². The zero-order chi connectivity index (χ0) is 19.2. The molecule has 0 saturated carbocycles. The molecule has 7 heteroatoms. The van der Waals surface area contributed by atoms with E-state index < -0.39 is 0 Å². The molecule has 0 unspecified atom stereocenters. The highest BCUT2D eigenvalue weighted by atomic mass is 32.2. The lowest BCUT2D eigenvalue weighted by atomic mass is 10.2. The predicted octanol–water partition coefficient (Wildman–Crippen LogP) is 4.50. The second kappa shape index (κ2) is 8.81. The summed E-state index contributed by atoms with van der Waals surface area (Å²) in [6.45, 7) is 4.27. The Kier molecular flexibility index (Phi) is 6.24. The van der Waals surface area contributed by atoms with Crippen LogP contribution in [-0.4, -0.2) is 20.9 Å². The van der Waals surface area contributed by atoms with Gasteiger partial charge in [-0.2, -0.15) is 0 Å². The third-order valence-corrected chi connectivity index (χ3v) is 4.79. The van der Waals surface area contributed by atoms with Crippen molar-refractivity contribution in [2.45, 2.75) is 42.7 Å². The van der Waals surface area contributed by atoms with Crippen molar-refractivity contribution in [2.75, 3.05) is 0 Å². The minimum absolute atomic E-state index is 0.0501. The predicted molar refractivity (Wildman–Crippen MR) is 101 cm³/mol. The van der Waals surface area contributed by atoms with Gasteiger partial charge in [-0.3, -0.25) is 9.78 Å². The highest BCUT2D eigenvalue weighted by Crippen LogP contribution is 2.32. The molecule has 0 radical (unpaired) electrons. The van der Waals surface area contributed by atoms with Gasteiger partial charge < -0.3 is 9.72 Å². The number of pyridine rings is 1. The van der Waals surface area contributed by atoms with Crippen LogP contribution in [0.5, 0.6) is 0 Å². The van der Waals surface area contributed by atoms with Crippen LogP contribution in [0.2, 0.25) is 0 Å². The lowest BCUT2D eigenvalue weighted by Gasteiger charge is -2.05. The molecule has 2 heterocycles. The first-order valence-corrected chi connectivity index (χ1v) is 9.39. The number of aromatic amines is 1. The van der Waals surface area contributed by atoms with Crippen LogP contribution < -0.4 is 0 Å². The summed E-state index contributed by atoms with van der Waals surface area (Å²) in [6, 6.07) is 9.95. The number of H-pyrrole nitrogens is 1. The number of benzene rings is 1. The van der Waals surface area contributed by atoms with E-state index in [1.165, 1.54) is 23.9 Å². The molecule has 0 aliphatic rings. The molecule has 140 valence electrons. The highest BCUT2D eigenvalue weighted by Gasteiger charge is 2.17.